The molecule has 0 aliphatic heterocycles. The molecule has 0 aliphatic carbocycles. The molecule has 0 saturated heterocycles. The van der Waals surface area contributed by atoms with Crippen molar-refractivity contribution < 1.29 is 7.48 Å². The van der Waals surface area contributed by atoms with Gasteiger partial charge < -0.3 is 4.74 Å². The van der Waals surface area contributed by atoms with Gasteiger partial charge >= 0.3 is 0 Å². The van der Waals surface area contributed by atoms with Crippen LogP contribution in [0.2, 0.25) is 0 Å². The number of ether oxygens (including phenoxy) is 1. The van der Waals surface area contributed by atoms with Crippen LogP contribution in [0.5, 0.6) is 0 Å². The lowest BCUT2D eigenvalue weighted by molar-refractivity contribution is 0.158. The van der Waals surface area contributed by atoms with Crippen molar-refractivity contribution >= 4 is 0 Å². The molecule has 0 fully saturated rings. The van der Waals surface area contributed by atoms with E-state index in [1.54, 1.807) is 6.08 Å². The molecule has 0 N–H and O–H groups in total. The molecule has 0 aromatic heterocycles. The fraction of sp³-hybridized carbons (Fsp3) is 0.750. The molecular weight excluding hydrogens is 112 g/mol. The Morgan fingerprint density at radius 2 is 2.44 bits per heavy atom. The summed E-state index contributed by atoms with van der Waals surface area (Å²) in [6.07, 6.45) is 3.89. The topological polar surface area (TPSA) is 9.23 Å². The van der Waals surface area contributed by atoms with Gasteiger partial charge in [0.25, 0.3) is 0 Å². The van der Waals surface area contributed by atoms with E-state index < -0.39 is 6.56 Å². The van der Waals surface area contributed by atoms with E-state index in [1.165, 1.54) is 0 Å². The molecule has 1 heteroatoms. The first kappa shape index (κ1) is 5.48. The van der Waals surface area contributed by atoms with Crippen LogP contribution < -0.4 is 0 Å². The molecule has 0 aromatic rings. The van der Waals surface area contributed by atoms with Crippen LogP contribution in [-0.4, -0.2) is 13.2 Å². The van der Waals surface area contributed by atoms with E-state index in [0.29, 0.717) is 6.42 Å². The van der Waals surface area contributed by atoms with E-state index in [4.69, 9.17) is 7.48 Å². The van der Waals surface area contributed by atoms with Crippen molar-refractivity contribution in [1.29, 1.82) is 0 Å². The van der Waals surface area contributed by atoms with Crippen LogP contribution in [-0.2, 0) is 4.74 Å². The highest BCUT2D eigenvalue weighted by atomic mass is 16.5. The van der Waals surface area contributed by atoms with Gasteiger partial charge in [0.1, 0.15) is 0 Å². The second-order valence-corrected chi connectivity index (χ2v) is 1.85. The van der Waals surface area contributed by atoms with Gasteiger partial charge in [-0.25, -0.2) is 0 Å². The maximum absolute atomic E-state index is 7.33. The highest BCUT2D eigenvalue weighted by Gasteiger charge is 1.83. The van der Waals surface area contributed by atoms with E-state index in [9.17, 15) is 0 Å². The zero-order valence-corrected chi connectivity index (χ0v) is 6.02. The van der Waals surface area contributed by atoms with Gasteiger partial charge in [-0.2, -0.15) is 0 Å². The van der Waals surface area contributed by atoms with E-state index in [0.717, 1.165) is 12.8 Å². The third kappa shape index (κ3) is 7.70. The molecule has 0 amide bonds. The van der Waals surface area contributed by atoms with Gasteiger partial charge in [-0.15, -0.1) is 6.58 Å². The Balaban J connectivity index is 3.51. The number of unbranched alkanes of at least 4 members (excludes halogenated alkanes) is 1. The van der Waals surface area contributed by atoms with Gasteiger partial charge in [-0.3, -0.25) is 0 Å². The Labute approximate surface area is 60.5 Å². The first-order valence-corrected chi connectivity index (χ1v) is 3.37. The third-order valence-corrected chi connectivity index (χ3v) is 0.936. The molecule has 0 saturated carbocycles. The maximum atomic E-state index is 7.33. The first-order chi connectivity index (χ1) is 5.12. The van der Waals surface area contributed by atoms with Crippen molar-refractivity contribution in [2.45, 2.75) is 26.2 Å². The standard InChI is InChI=1S/C8H16O/c1-3-5-6-8-9-7-4-2/h4H,2-3,5-8H2,1H3/i8D2. The molecule has 0 aliphatic rings. The van der Waals surface area contributed by atoms with Crippen LogP contribution in [0.25, 0.3) is 0 Å². The molecule has 1 nitrogen and oxygen atoms in total. The molecule has 0 radical (unpaired) electrons. The summed E-state index contributed by atoms with van der Waals surface area (Å²) < 4.78 is 19.6. The molecule has 0 spiro atoms. The Hall–Kier alpha value is -0.300. The monoisotopic (exact) mass is 130 g/mol. The summed E-state index contributed by atoms with van der Waals surface area (Å²) in [5.41, 5.74) is 0. The van der Waals surface area contributed by atoms with Gasteiger partial charge in [-0.1, -0.05) is 25.8 Å². The number of hydrogen-bond donors (Lipinski definition) is 0. The normalized spacial score (nSPS) is 14.3. The predicted molar refractivity (Wildman–Crippen MR) is 40.5 cm³/mol. The number of hydrogen-bond acceptors (Lipinski definition) is 1. The Morgan fingerprint density at radius 1 is 1.67 bits per heavy atom. The lowest BCUT2D eigenvalue weighted by Crippen LogP contribution is -1.92. The second kappa shape index (κ2) is 7.70. The van der Waals surface area contributed by atoms with Crippen molar-refractivity contribution in [3.63, 3.8) is 0 Å². The van der Waals surface area contributed by atoms with Crippen LogP contribution in [0.15, 0.2) is 12.7 Å². The minimum absolute atomic E-state index is 0.288. The third-order valence-electron chi connectivity index (χ3n) is 0.936. The Morgan fingerprint density at radius 3 is 3.00 bits per heavy atom. The summed E-state index contributed by atoms with van der Waals surface area (Å²) in [6, 6.07) is 0. The highest BCUT2D eigenvalue weighted by molar-refractivity contribution is 4.63. The average molecular weight is 130 g/mol. The van der Waals surface area contributed by atoms with Crippen molar-refractivity contribution in [3.8, 4) is 0 Å². The Kier molecular flexibility index (Phi) is 4.69. The quantitative estimate of drug-likeness (QED) is 0.501. The van der Waals surface area contributed by atoms with Gasteiger partial charge in [-0.05, 0) is 6.42 Å². The molecule has 0 atom stereocenters. The molecule has 0 unspecified atom stereocenters. The fourth-order valence-corrected chi connectivity index (χ4v) is 0.439. The highest BCUT2D eigenvalue weighted by Crippen LogP contribution is 1.93. The van der Waals surface area contributed by atoms with Crippen LogP contribution in [0.1, 0.15) is 28.9 Å². The molecular formula is C8H16O. The first-order valence-electron chi connectivity index (χ1n) is 4.37. The van der Waals surface area contributed by atoms with Crippen molar-refractivity contribution in [3.05, 3.63) is 12.7 Å². The minimum Gasteiger partial charge on any atom is -0.377 e. The summed E-state index contributed by atoms with van der Waals surface area (Å²) >= 11 is 0. The van der Waals surface area contributed by atoms with Crippen LogP contribution in [0.3, 0.4) is 0 Å². The molecule has 0 rings (SSSR count). The van der Waals surface area contributed by atoms with Gasteiger partial charge in [0.2, 0.25) is 0 Å². The molecule has 9 heavy (non-hydrogen) atoms. The molecule has 0 bridgehead atoms. The summed E-state index contributed by atoms with van der Waals surface area (Å²) in [6.45, 7) is 4.30. The van der Waals surface area contributed by atoms with Crippen molar-refractivity contribution in [2.75, 3.05) is 13.2 Å². The van der Waals surface area contributed by atoms with Crippen molar-refractivity contribution in [2.24, 2.45) is 0 Å². The molecule has 0 aromatic carbocycles. The maximum Gasteiger partial charge on any atom is 0.0644 e. The largest absolute Gasteiger partial charge is 0.377 e. The summed E-state index contributed by atoms with van der Waals surface area (Å²) in [5.74, 6) is 0. The SMILES string of the molecule is [2H]C([2H])(CCCC)OCC=C. The van der Waals surface area contributed by atoms with Gasteiger partial charge in [0.15, 0.2) is 0 Å². The fourth-order valence-electron chi connectivity index (χ4n) is 0.439. The lowest BCUT2D eigenvalue weighted by atomic mass is 10.3. The van der Waals surface area contributed by atoms with E-state index in [-0.39, 0.29) is 6.61 Å². The van der Waals surface area contributed by atoms with E-state index >= 15 is 0 Å². The zero-order chi connectivity index (χ0) is 8.74. The lowest BCUT2D eigenvalue weighted by Gasteiger charge is -1.97. The van der Waals surface area contributed by atoms with Crippen molar-refractivity contribution in [1.82, 2.24) is 0 Å². The average Bonchev–Trinajstić information content (AvgIpc) is 1.97. The van der Waals surface area contributed by atoms with Crippen LogP contribution >= 0.6 is 0 Å². The smallest absolute Gasteiger partial charge is 0.0644 e. The molecule has 0 heterocycles. The number of rotatable bonds is 6. The Bertz CT molecular complexity index is 113. The van der Waals surface area contributed by atoms with E-state index in [1.807, 2.05) is 6.92 Å². The summed E-state index contributed by atoms with van der Waals surface area (Å²) in [5, 5.41) is 0. The van der Waals surface area contributed by atoms with E-state index in [2.05, 4.69) is 6.58 Å². The van der Waals surface area contributed by atoms with Crippen LogP contribution in [0.4, 0.5) is 0 Å². The van der Waals surface area contributed by atoms with Gasteiger partial charge in [0.05, 0.1) is 9.35 Å². The minimum atomic E-state index is -1.47. The predicted octanol–water partition coefficient (Wildman–Crippen LogP) is 2.38. The zero-order valence-electron chi connectivity index (χ0n) is 8.02. The van der Waals surface area contributed by atoms with Crippen LogP contribution in [0, 0.1) is 0 Å². The second-order valence-electron chi connectivity index (χ2n) is 1.85. The summed E-state index contributed by atoms with van der Waals surface area (Å²) in [7, 11) is 0. The summed E-state index contributed by atoms with van der Waals surface area (Å²) in [4.78, 5) is 0. The van der Waals surface area contributed by atoms with Gasteiger partial charge in [0, 0.05) is 6.56 Å². The molecule has 54 valence electrons.